The molecule has 1 unspecified atom stereocenters. The lowest BCUT2D eigenvalue weighted by atomic mass is 9.94. The molecule has 2 rings (SSSR count). The van der Waals surface area contributed by atoms with E-state index in [1.807, 2.05) is 13.0 Å². The van der Waals surface area contributed by atoms with Gasteiger partial charge in [0.1, 0.15) is 18.9 Å². The van der Waals surface area contributed by atoms with Crippen molar-refractivity contribution >= 4 is 0 Å². The maximum absolute atomic E-state index is 14.1. The molecule has 0 radical (unpaired) electrons. The van der Waals surface area contributed by atoms with Crippen molar-refractivity contribution in [3.05, 3.63) is 23.3 Å². The minimum Gasteiger partial charge on any atom is -0.486 e. The molecule has 100 valence electrons. The quantitative estimate of drug-likeness (QED) is 0.900. The number of hydrogen-bond acceptors (Lipinski definition) is 3. The number of fused-ring (bicyclic) bond motifs is 1. The van der Waals surface area contributed by atoms with E-state index in [-0.39, 0.29) is 6.04 Å². The van der Waals surface area contributed by atoms with Gasteiger partial charge in [-0.1, -0.05) is 0 Å². The van der Waals surface area contributed by atoms with E-state index < -0.39 is 5.67 Å². The van der Waals surface area contributed by atoms with Crippen LogP contribution >= 0.6 is 0 Å². The van der Waals surface area contributed by atoms with Gasteiger partial charge in [-0.3, -0.25) is 0 Å². The van der Waals surface area contributed by atoms with Crippen LogP contribution in [-0.2, 0) is 12.1 Å². The lowest BCUT2D eigenvalue weighted by Gasteiger charge is -2.25. The number of benzene rings is 1. The van der Waals surface area contributed by atoms with Crippen LogP contribution < -0.4 is 15.2 Å². The Balaban J connectivity index is 2.48. The Morgan fingerprint density at radius 2 is 2.00 bits per heavy atom. The molecule has 18 heavy (non-hydrogen) atoms. The molecule has 0 aromatic heterocycles. The van der Waals surface area contributed by atoms with Crippen molar-refractivity contribution in [3.8, 4) is 11.5 Å². The van der Waals surface area contributed by atoms with Gasteiger partial charge < -0.3 is 15.2 Å². The number of ether oxygens (including phenoxy) is 2. The second kappa shape index (κ2) is 4.76. The van der Waals surface area contributed by atoms with E-state index in [1.54, 1.807) is 6.07 Å². The highest BCUT2D eigenvalue weighted by Crippen LogP contribution is 2.39. The van der Waals surface area contributed by atoms with Gasteiger partial charge in [-0.2, -0.15) is 0 Å². The van der Waals surface area contributed by atoms with Gasteiger partial charge in [0.15, 0.2) is 11.5 Å². The van der Waals surface area contributed by atoms with Crippen molar-refractivity contribution in [3.63, 3.8) is 0 Å². The summed E-state index contributed by atoms with van der Waals surface area (Å²) in [5.41, 5.74) is 5.95. The van der Waals surface area contributed by atoms with Crippen LogP contribution in [0.15, 0.2) is 12.1 Å². The number of alkyl halides is 1. The second-order valence-electron chi connectivity index (χ2n) is 5.31. The summed E-state index contributed by atoms with van der Waals surface area (Å²) < 4.78 is 25.3. The zero-order chi connectivity index (χ0) is 13.3. The third kappa shape index (κ3) is 2.75. The van der Waals surface area contributed by atoms with Crippen LogP contribution in [0.1, 0.15) is 31.9 Å². The Morgan fingerprint density at radius 1 is 1.33 bits per heavy atom. The molecule has 0 saturated heterocycles. The highest BCUT2D eigenvalue weighted by atomic mass is 19.1. The van der Waals surface area contributed by atoms with Gasteiger partial charge in [-0.15, -0.1) is 0 Å². The van der Waals surface area contributed by atoms with Crippen molar-refractivity contribution in [2.45, 2.75) is 38.9 Å². The molecule has 0 fully saturated rings. The average Bonchev–Trinajstić information content (AvgIpc) is 2.27. The standard InChI is InChI=1S/C14H20FNO2/c1-9(16)6-10-7-11(14(2,3)15)8-12-13(10)18-5-4-17-12/h7-9H,4-6,16H2,1-3H3. The zero-order valence-electron chi connectivity index (χ0n) is 11.1. The minimum absolute atomic E-state index is 0.00222. The topological polar surface area (TPSA) is 44.5 Å². The number of rotatable bonds is 3. The van der Waals surface area contributed by atoms with E-state index in [0.717, 1.165) is 5.56 Å². The van der Waals surface area contributed by atoms with Crippen LogP contribution in [0.25, 0.3) is 0 Å². The van der Waals surface area contributed by atoms with E-state index in [9.17, 15) is 4.39 Å². The Kier molecular flexibility index (Phi) is 3.48. The molecule has 3 nitrogen and oxygen atoms in total. The molecule has 1 aliphatic rings. The van der Waals surface area contributed by atoms with E-state index >= 15 is 0 Å². The summed E-state index contributed by atoms with van der Waals surface area (Å²) >= 11 is 0. The molecule has 0 aliphatic carbocycles. The largest absolute Gasteiger partial charge is 0.486 e. The fourth-order valence-corrected chi connectivity index (χ4v) is 2.07. The molecule has 1 atom stereocenters. The molecule has 0 saturated carbocycles. The Bertz CT molecular complexity index is 438. The Morgan fingerprint density at radius 3 is 2.61 bits per heavy atom. The summed E-state index contributed by atoms with van der Waals surface area (Å²) in [5, 5.41) is 0. The van der Waals surface area contributed by atoms with E-state index in [2.05, 4.69) is 0 Å². The first kappa shape index (κ1) is 13.1. The average molecular weight is 253 g/mol. The molecule has 1 aliphatic heterocycles. The predicted molar refractivity (Wildman–Crippen MR) is 68.9 cm³/mol. The van der Waals surface area contributed by atoms with Crippen LogP contribution in [0, 0.1) is 0 Å². The minimum atomic E-state index is -1.40. The van der Waals surface area contributed by atoms with Crippen LogP contribution in [-0.4, -0.2) is 19.3 Å². The zero-order valence-corrected chi connectivity index (χ0v) is 11.1. The summed E-state index contributed by atoms with van der Waals surface area (Å²) in [6.07, 6.45) is 0.648. The molecule has 0 bridgehead atoms. The summed E-state index contributed by atoms with van der Waals surface area (Å²) in [5.74, 6) is 1.34. The van der Waals surface area contributed by atoms with Gasteiger partial charge in [-0.25, -0.2) is 4.39 Å². The first-order chi connectivity index (χ1) is 8.38. The lowest BCUT2D eigenvalue weighted by Crippen LogP contribution is -2.22. The smallest absolute Gasteiger partial charge is 0.164 e. The Hall–Kier alpha value is -1.29. The van der Waals surface area contributed by atoms with Crippen LogP contribution in [0.3, 0.4) is 0 Å². The highest BCUT2D eigenvalue weighted by Gasteiger charge is 2.25. The number of halogens is 1. The van der Waals surface area contributed by atoms with Crippen LogP contribution in [0.5, 0.6) is 11.5 Å². The second-order valence-corrected chi connectivity index (χ2v) is 5.31. The van der Waals surface area contributed by atoms with Crippen molar-refractivity contribution in [1.29, 1.82) is 0 Å². The molecular formula is C14H20FNO2. The van der Waals surface area contributed by atoms with Gasteiger partial charge in [0.2, 0.25) is 0 Å². The van der Waals surface area contributed by atoms with E-state index in [0.29, 0.717) is 36.7 Å². The Labute approximate surface area is 107 Å². The van der Waals surface area contributed by atoms with Gasteiger partial charge in [0.25, 0.3) is 0 Å². The molecular weight excluding hydrogens is 233 g/mol. The summed E-state index contributed by atoms with van der Waals surface area (Å²) in [6.45, 7) is 6.02. The van der Waals surface area contributed by atoms with Crippen molar-refractivity contribution in [2.75, 3.05) is 13.2 Å². The summed E-state index contributed by atoms with van der Waals surface area (Å²) in [7, 11) is 0. The first-order valence-corrected chi connectivity index (χ1v) is 6.25. The lowest BCUT2D eigenvalue weighted by molar-refractivity contribution is 0.167. The molecule has 1 heterocycles. The number of nitrogens with two attached hydrogens (primary N) is 1. The molecule has 1 aromatic carbocycles. The summed E-state index contributed by atoms with van der Waals surface area (Å²) in [4.78, 5) is 0. The van der Waals surface area contributed by atoms with Crippen molar-refractivity contribution in [2.24, 2.45) is 5.73 Å². The van der Waals surface area contributed by atoms with Crippen molar-refractivity contribution in [1.82, 2.24) is 0 Å². The van der Waals surface area contributed by atoms with Gasteiger partial charge in [-0.05, 0) is 50.5 Å². The normalized spacial score (nSPS) is 16.5. The van der Waals surface area contributed by atoms with Crippen molar-refractivity contribution < 1.29 is 13.9 Å². The van der Waals surface area contributed by atoms with Crippen LogP contribution in [0.4, 0.5) is 4.39 Å². The molecule has 2 N–H and O–H groups in total. The SMILES string of the molecule is CC(N)Cc1cc(C(C)(C)F)cc2c1OCCO2. The summed E-state index contributed by atoms with van der Waals surface area (Å²) in [6, 6.07) is 3.55. The first-order valence-electron chi connectivity index (χ1n) is 6.25. The fourth-order valence-electron chi connectivity index (χ4n) is 2.07. The number of hydrogen-bond donors (Lipinski definition) is 1. The molecule has 4 heteroatoms. The van der Waals surface area contributed by atoms with Crippen LogP contribution in [0.2, 0.25) is 0 Å². The predicted octanol–water partition coefficient (Wildman–Crippen LogP) is 2.55. The fraction of sp³-hybridized carbons (Fsp3) is 0.571. The third-order valence-corrected chi connectivity index (χ3v) is 2.95. The molecule has 0 amide bonds. The molecule has 1 aromatic rings. The monoisotopic (exact) mass is 253 g/mol. The van der Waals surface area contributed by atoms with E-state index in [4.69, 9.17) is 15.2 Å². The maximum Gasteiger partial charge on any atom is 0.164 e. The van der Waals surface area contributed by atoms with E-state index in [1.165, 1.54) is 13.8 Å². The van der Waals surface area contributed by atoms with Gasteiger partial charge >= 0.3 is 0 Å². The van der Waals surface area contributed by atoms with Gasteiger partial charge in [0, 0.05) is 6.04 Å². The maximum atomic E-state index is 14.1. The third-order valence-electron chi connectivity index (χ3n) is 2.95. The van der Waals surface area contributed by atoms with Gasteiger partial charge in [0.05, 0.1) is 0 Å². The molecule has 0 spiro atoms. The highest BCUT2D eigenvalue weighted by molar-refractivity contribution is 5.51.